The van der Waals surface area contributed by atoms with Gasteiger partial charge in [-0.2, -0.15) is 0 Å². The minimum Gasteiger partial charge on any atom is -0.222 e. The van der Waals surface area contributed by atoms with E-state index in [4.69, 9.17) is 18.6 Å². The lowest BCUT2D eigenvalue weighted by atomic mass is 10.1. The maximum atomic E-state index is 8.49. The predicted molar refractivity (Wildman–Crippen MR) is 49.9 cm³/mol. The first-order valence-electron chi connectivity index (χ1n) is 4.74. The van der Waals surface area contributed by atoms with E-state index in [1.807, 2.05) is 0 Å². The second-order valence-corrected chi connectivity index (χ2v) is 4.29. The van der Waals surface area contributed by atoms with Crippen molar-refractivity contribution in [3.05, 3.63) is 42.2 Å². The maximum Gasteiger partial charge on any atom is 0.178 e. The van der Waals surface area contributed by atoms with Crippen LogP contribution in [0.1, 0.15) is 5.69 Å². The summed E-state index contributed by atoms with van der Waals surface area (Å²) in [7, 11) is -2.87. The molecule has 0 fully saturated rings. The molecule has 0 spiro atoms. The van der Waals surface area contributed by atoms with Gasteiger partial charge in [0.25, 0.3) is 0 Å². The Morgan fingerprint density at radius 2 is 1.47 bits per heavy atom. The van der Waals surface area contributed by atoms with Gasteiger partial charge in [0.05, 0.1) is 0 Å². The molecular weight excluding hydrogens is 246 g/mol. The number of halogens is 1. The molecule has 2 rings (SSSR count). The first kappa shape index (κ1) is 13.8. The molecule has 17 heavy (non-hydrogen) atoms. The second-order valence-electron chi connectivity index (χ2n) is 3.53. The molecule has 0 radical (unpaired) electrons. The zero-order valence-electron chi connectivity index (χ0n) is 9.42. The minimum atomic E-state index is -4.94. The number of hydrogen-bond acceptors (Lipinski definition) is 4. The smallest absolute Gasteiger partial charge is 0.178 e. The molecule has 92 valence electrons. The Balaban J connectivity index is 0.000000249. The molecular formula is C11H12ClNO4. The van der Waals surface area contributed by atoms with Crippen molar-refractivity contribution in [1.29, 1.82) is 0 Å². The molecule has 0 N–H and O–H groups in total. The number of nitrogens with zero attached hydrogens (tertiary/aromatic N) is 1. The van der Waals surface area contributed by atoms with Crippen molar-refractivity contribution in [2.45, 2.75) is 6.92 Å². The molecule has 0 bridgehead atoms. The number of hydrogen-bond donors (Lipinski definition) is 0. The van der Waals surface area contributed by atoms with E-state index in [2.05, 4.69) is 55.1 Å². The standard InChI is InChI=1S/C11H12N.ClHO4/c1-9-7-10-5-3-4-6-11(10)8-12(9)2;2-1(3,4)5/h3-8H,1-2H3;(H,2,3,4,5)/q+1;/p-1. The van der Waals surface area contributed by atoms with Crippen molar-refractivity contribution in [3.63, 3.8) is 0 Å². The Morgan fingerprint density at radius 3 is 2.00 bits per heavy atom. The first-order valence-corrected chi connectivity index (χ1v) is 5.97. The fourth-order valence-corrected chi connectivity index (χ4v) is 1.40. The molecule has 0 aliphatic rings. The van der Waals surface area contributed by atoms with Crippen LogP contribution < -0.4 is 23.2 Å². The summed E-state index contributed by atoms with van der Waals surface area (Å²) in [6.07, 6.45) is 2.16. The van der Waals surface area contributed by atoms with E-state index in [1.165, 1.54) is 16.5 Å². The van der Waals surface area contributed by atoms with Crippen molar-refractivity contribution < 1.29 is 33.4 Å². The largest absolute Gasteiger partial charge is 0.222 e. The van der Waals surface area contributed by atoms with Gasteiger partial charge in [0.1, 0.15) is 7.05 Å². The fourth-order valence-electron chi connectivity index (χ4n) is 1.40. The first-order chi connectivity index (χ1) is 7.77. The van der Waals surface area contributed by atoms with Gasteiger partial charge in [-0.1, -0.05) is 18.2 Å². The predicted octanol–water partition coefficient (Wildman–Crippen LogP) is -2.78. The molecule has 0 unspecified atom stereocenters. The summed E-state index contributed by atoms with van der Waals surface area (Å²) in [5.74, 6) is 0. The molecule has 0 aliphatic carbocycles. The summed E-state index contributed by atoms with van der Waals surface area (Å²) < 4.78 is 36.1. The molecule has 0 amide bonds. The monoisotopic (exact) mass is 257 g/mol. The summed E-state index contributed by atoms with van der Waals surface area (Å²) >= 11 is 0. The Hall–Kier alpha value is -1.24. The van der Waals surface area contributed by atoms with Crippen LogP contribution in [0.5, 0.6) is 0 Å². The average Bonchev–Trinajstić information content (AvgIpc) is 2.17. The van der Waals surface area contributed by atoms with Crippen LogP contribution in [0.25, 0.3) is 10.8 Å². The molecule has 6 heteroatoms. The molecule has 0 saturated carbocycles. The van der Waals surface area contributed by atoms with Crippen LogP contribution in [0.15, 0.2) is 36.5 Å². The van der Waals surface area contributed by atoms with Gasteiger partial charge in [0.2, 0.25) is 0 Å². The Labute approximate surface area is 101 Å². The van der Waals surface area contributed by atoms with Crippen LogP contribution in [-0.4, -0.2) is 0 Å². The highest BCUT2D eigenvalue weighted by Crippen LogP contribution is 2.11. The van der Waals surface area contributed by atoms with E-state index in [-0.39, 0.29) is 0 Å². The van der Waals surface area contributed by atoms with E-state index in [0.717, 1.165) is 0 Å². The summed E-state index contributed by atoms with van der Waals surface area (Å²) in [6, 6.07) is 10.6. The van der Waals surface area contributed by atoms with Gasteiger partial charge in [0.15, 0.2) is 11.9 Å². The van der Waals surface area contributed by atoms with E-state index in [0.29, 0.717) is 0 Å². The van der Waals surface area contributed by atoms with E-state index in [9.17, 15) is 0 Å². The number of aromatic nitrogens is 1. The van der Waals surface area contributed by atoms with Crippen molar-refractivity contribution in [3.8, 4) is 0 Å². The molecule has 5 nitrogen and oxygen atoms in total. The molecule has 0 saturated heterocycles. The van der Waals surface area contributed by atoms with E-state index < -0.39 is 10.2 Å². The summed E-state index contributed by atoms with van der Waals surface area (Å²) in [5.41, 5.74) is 1.29. The lowest BCUT2D eigenvalue weighted by Crippen LogP contribution is -2.68. The highest BCUT2D eigenvalue weighted by atomic mass is 35.7. The summed E-state index contributed by atoms with van der Waals surface area (Å²) in [6.45, 7) is 2.12. The third-order valence-corrected chi connectivity index (χ3v) is 2.25. The van der Waals surface area contributed by atoms with Crippen LogP contribution in [-0.2, 0) is 7.05 Å². The van der Waals surface area contributed by atoms with E-state index in [1.54, 1.807) is 0 Å². The molecule has 1 aromatic carbocycles. The van der Waals surface area contributed by atoms with Gasteiger partial charge in [0, 0.05) is 18.4 Å². The highest BCUT2D eigenvalue weighted by molar-refractivity contribution is 5.80. The number of aryl methyl sites for hydroxylation is 2. The maximum absolute atomic E-state index is 8.49. The summed E-state index contributed by atoms with van der Waals surface area (Å²) in [4.78, 5) is 0. The number of pyridine rings is 1. The Morgan fingerprint density at radius 1 is 1.00 bits per heavy atom. The quantitative estimate of drug-likeness (QED) is 0.477. The van der Waals surface area contributed by atoms with Crippen LogP contribution in [0, 0.1) is 17.2 Å². The third-order valence-electron chi connectivity index (χ3n) is 2.25. The number of benzene rings is 1. The van der Waals surface area contributed by atoms with Gasteiger partial charge < -0.3 is 0 Å². The lowest BCUT2D eigenvalue weighted by molar-refractivity contribution is -2.00. The van der Waals surface area contributed by atoms with Crippen molar-refractivity contribution in [1.82, 2.24) is 0 Å². The zero-order chi connectivity index (χ0) is 13.1. The summed E-state index contributed by atoms with van der Waals surface area (Å²) in [5, 5.41) is 2.61. The lowest BCUT2D eigenvalue weighted by Gasteiger charge is -2.17. The van der Waals surface area contributed by atoms with Crippen molar-refractivity contribution in [2.24, 2.45) is 7.05 Å². The number of fused-ring (bicyclic) bond motifs is 1. The molecule has 1 heterocycles. The third kappa shape index (κ3) is 5.08. The van der Waals surface area contributed by atoms with Gasteiger partial charge in [-0.3, -0.25) is 0 Å². The highest BCUT2D eigenvalue weighted by Gasteiger charge is 2.01. The second kappa shape index (κ2) is 5.39. The minimum absolute atomic E-state index is 1.29. The van der Waals surface area contributed by atoms with Gasteiger partial charge in [-0.05, 0) is 11.5 Å². The zero-order valence-corrected chi connectivity index (χ0v) is 10.2. The molecule has 1 aromatic heterocycles. The van der Waals surface area contributed by atoms with Crippen LogP contribution in [0.2, 0.25) is 0 Å². The Bertz CT molecular complexity index is 464. The average molecular weight is 258 g/mol. The van der Waals surface area contributed by atoms with Crippen LogP contribution in [0.3, 0.4) is 0 Å². The van der Waals surface area contributed by atoms with Gasteiger partial charge in [-0.25, -0.2) is 23.2 Å². The van der Waals surface area contributed by atoms with E-state index >= 15 is 0 Å². The van der Waals surface area contributed by atoms with Crippen molar-refractivity contribution >= 4 is 10.8 Å². The van der Waals surface area contributed by atoms with Crippen molar-refractivity contribution in [2.75, 3.05) is 0 Å². The molecule has 2 aromatic rings. The molecule has 0 atom stereocenters. The fraction of sp³-hybridized carbons (Fsp3) is 0.182. The number of rotatable bonds is 0. The SMILES string of the molecule is Cc1cc2ccccc2c[n+]1C.[O-][Cl+3]([O-])([O-])[O-]. The Kier molecular flexibility index (Phi) is 4.39. The topological polar surface area (TPSA) is 96.1 Å². The van der Waals surface area contributed by atoms with Crippen LogP contribution in [0.4, 0.5) is 0 Å². The van der Waals surface area contributed by atoms with Crippen LogP contribution >= 0.6 is 0 Å². The van der Waals surface area contributed by atoms with Gasteiger partial charge in [-0.15, -0.1) is 10.2 Å². The normalized spacial score (nSPS) is 10.9. The molecule has 0 aliphatic heterocycles. The van der Waals surface area contributed by atoms with Gasteiger partial charge >= 0.3 is 0 Å².